The van der Waals surface area contributed by atoms with Gasteiger partial charge in [0.2, 0.25) is 0 Å². The molecule has 0 heterocycles. The monoisotopic (exact) mass is 307 g/mol. The second-order valence-corrected chi connectivity index (χ2v) is 5.01. The van der Waals surface area contributed by atoms with Crippen molar-refractivity contribution in [2.45, 2.75) is 31.7 Å². The molecule has 2 rings (SSSR count). The highest BCUT2D eigenvalue weighted by Crippen LogP contribution is 2.37. The van der Waals surface area contributed by atoms with Crippen molar-refractivity contribution in [1.29, 1.82) is 0 Å². The molecule has 0 aliphatic heterocycles. The van der Waals surface area contributed by atoms with Gasteiger partial charge in [0.1, 0.15) is 5.82 Å². The third kappa shape index (κ3) is 2.76. The van der Waals surface area contributed by atoms with E-state index < -0.39 is 0 Å². The van der Waals surface area contributed by atoms with Gasteiger partial charge in [0, 0.05) is 6.04 Å². The largest absolute Gasteiger partial charge is 0.324 e. The van der Waals surface area contributed by atoms with Gasteiger partial charge in [-0.1, -0.05) is 25.0 Å². The summed E-state index contributed by atoms with van der Waals surface area (Å²) in [6.45, 7) is 0. The Bertz CT molecular complexity index is 353. The minimum Gasteiger partial charge on any atom is -0.324 e. The lowest BCUT2D eigenvalue weighted by Crippen LogP contribution is -2.19. The van der Waals surface area contributed by atoms with Gasteiger partial charge in [-0.25, -0.2) is 4.39 Å². The van der Waals surface area contributed by atoms with Crippen LogP contribution in [-0.4, -0.2) is 0 Å². The molecule has 1 fully saturated rings. The smallest absolute Gasteiger partial charge is 0.137 e. The first-order chi connectivity index (χ1) is 7.20. The standard InChI is InChI=1S/C12H15BrFN.ClH/c13-11-9(6-3-7-10(11)14)12(15)8-4-1-2-5-8;/h3,6-8,12H,1-2,4-5,15H2;1H/t12-;/m1./s1. The molecule has 0 saturated heterocycles. The van der Waals surface area contributed by atoms with E-state index in [1.807, 2.05) is 6.07 Å². The molecule has 0 aromatic heterocycles. The minimum atomic E-state index is -0.221. The molecule has 0 amide bonds. The molecule has 16 heavy (non-hydrogen) atoms. The van der Waals surface area contributed by atoms with E-state index >= 15 is 0 Å². The molecule has 1 saturated carbocycles. The van der Waals surface area contributed by atoms with Gasteiger partial charge >= 0.3 is 0 Å². The Balaban J connectivity index is 0.00000128. The zero-order valence-corrected chi connectivity index (χ0v) is 11.4. The fraction of sp³-hybridized carbons (Fsp3) is 0.500. The summed E-state index contributed by atoms with van der Waals surface area (Å²) in [5.41, 5.74) is 7.08. The predicted molar refractivity (Wildman–Crippen MR) is 70.2 cm³/mol. The predicted octanol–water partition coefficient (Wildman–Crippen LogP) is 4.20. The normalized spacial score (nSPS) is 18.2. The maximum absolute atomic E-state index is 13.3. The van der Waals surface area contributed by atoms with E-state index in [4.69, 9.17) is 5.73 Å². The highest BCUT2D eigenvalue weighted by Gasteiger charge is 2.25. The van der Waals surface area contributed by atoms with Gasteiger partial charge in [-0.15, -0.1) is 12.4 Å². The summed E-state index contributed by atoms with van der Waals surface area (Å²) in [4.78, 5) is 0. The van der Waals surface area contributed by atoms with Crippen LogP contribution in [0.25, 0.3) is 0 Å². The van der Waals surface area contributed by atoms with Gasteiger partial charge in [-0.3, -0.25) is 0 Å². The molecule has 1 aliphatic rings. The minimum absolute atomic E-state index is 0. The summed E-state index contributed by atoms with van der Waals surface area (Å²) in [5, 5.41) is 0. The van der Waals surface area contributed by atoms with Crippen LogP contribution in [0.15, 0.2) is 22.7 Å². The summed E-state index contributed by atoms with van der Waals surface area (Å²) in [7, 11) is 0. The van der Waals surface area contributed by atoms with Crippen LogP contribution in [0.5, 0.6) is 0 Å². The molecule has 1 aliphatic carbocycles. The maximum Gasteiger partial charge on any atom is 0.137 e. The molecular weight excluding hydrogens is 292 g/mol. The highest BCUT2D eigenvalue weighted by atomic mass is 79.9. The number of benzene rings is 1. The third-order valence-corrected chi connectivity index (χ3v) is 4.08. The molecule has 1 aromatic carbocycles. The zero-order chi connectivity index (χ0) is 10.8. The van der Waals surface area contributed by atoms with Crippen molar-refractivity contribution in [3.05, 3.63) is 34.1 Å². The van der Waals surface area contributed by atoms with Crippen molar-refractivity contribution < 1.29 is 4.39 Å². The van der Waals surface area contributed by atoms with E-state index in [-0.39, 0.29) is 24.3 Å². The molecule has 0 spiro atoms. The molecule has 1 nitrogen and oxygen atoms in total. The van der Waals surface area contributed by atoms with Crippen molar-refractivity contribution in [2.75, 3.05) is 0 Å². The van der Waals surface area contributed by atoms with Crippen LogP contribution in [0.3, 0.4) is 0 Å². The van der Waals surface area contributed by atoms with Crippen LogP contribution >= 0.6 is 28.3 Å². The summed E-state index contributed by atoms with van der Waals surface area (Å²) < 4.78 is 13.9. The van der Waals surface area contributed by atoms with Crippen LogP contribution in [0.2, 0.25) is 0 Å². The topological polar surface area (TPSA) is 26.0 Å². The molecule has 0 bridgehead atoms. The second kappa shape index (κ2) is 5.99. The van der Waals surface area contributed by atoms with Crippen molar-refractivity contribution >= 4 is 28.3 Å². The van der Waals surface area contributed by atoms with Crippen molar-refractivity contribution in [1.82, 2.24) is 0 Å². The lowest BCUT2D eigenvalue weighted by molar-refractivity contribution is 0.441. The molecule has 0 radical (unpaired) electrons. The Labute approximate surface area is 110 Å². The lowest BCUT2D eigenvalue weighted by atomic mass is 9.92. The Morgan fingerprint density at radius 1 is 1.31 bits per heavy atom. The van der Waals surface area contributed by atoms with E-state index in [1.165, 1.54) is 31.7 Å². The van der Waals surface area contributed by atoms with Gasteiger partial charge in [-0.2, -0.15) is 0 Å². The number of hydrogen-bond acceptors (Lipinski definition) is 1. The quantitative estimate of drug-likeness (QED) is 0.870. The number of hydrogen-bond donors (Lipinski definition) is 1. The summed E-state index contributed by atoms with van der Waals surface area (Å²) in [6.07, 6.45) is 4.85. The zero-order valence-electron chi connectivity index (χ0n) is 8.96. The molecule has 1 atom stereocenters. The maximum atomic E-state index is 13.3. The molecule has 2 N–H and O–H groups in total. The lowest BCUT2D eigenvalue weighted by Gasteiger charge is -2.20. The van der Waals surface area contributed by atoms with Crippen molar-refractivity contribution in [3.63, 3.8) is 0 Å². The average Bonchev–Trinajstić information content (AvgIpc) is 2.74. The van der Waals surface area contributed by atoms with E-state index in [2.05, 4.69) is 15.9 Å². The van der Waals surface area contributed by atoms with E-state index in [0.29, 0.717) is 10.4 Å². The fourth-order valence-corrected chi connectivity index (χ4v) is 2.88. The first-order valence-corrected chi connectivity index (χ1v) is 6.19. The van der Waals surface area contributed by atoms with Crippen LogP contribution in [-0.2, 0) is 0 Å². The van der Waals surface area contributed by atoms with Gasteiger partial charge < -0.3 is 5.73 Å². The van der Waals surface area contributed by atoms with E-state index in [0.717, 1.165) is 5.56 Å². The molecular formula is C12H16BrClFN. The van der Waals surface area contributed by atoms with Crippen LogP contribution < -0.4 is 5.73 Å². The summed E-state index contributed by atoms with van der Waals surface area (Å²) >= 11 is 3.27. The van der Waals surface area contributed by atoms with Crippen LogP contribution in [0.4, 0.5) is 4.39 Å². The summed E-state index contributed by atoms with van der Waals surface area (Å²) in [5.74, 6) is 0.295. The first-order valence-electron chi connectivity index (χ1n) is 5.39. The van der Waals surface area contributed by atoms with Crippen LogP contribution in [0.1, 0.15) is 37.3 Å². The number of rotatable bonds is 2. The number of halogens is 3. The van der Waals surface area contributed by atoms with Gasteiger partial charge in [-0.05, 0) is 46.3 Å². The van der Waals surface area contributed by atoms with Gasteiger partial charge in [0.25, 0.3) is 0 Å². The third-order valence-electron chi connectivity index (χ3n) is 3.25. The van der Waals surface area contributed by atoms with Crippen molar-refractivity contribution in [3.8, 4) is 0 Å². The number of nitrogens with two attached hydrogens (primary N) is 1. The Hall–Kier alpha value is -0.120. The molecule has 0 unspecified atom stereocenters. The average molecular weight is 309 g/mol. The Morgan fingerprint density at radius 3 is 2.56 bits per heavy atom. The van der Waals surface area contributed by atoms with Gasteiger partial charge in [0.15, 0.2) is 0 Å². The second-order valence-electron chi connectivity index (χ2n) is 4.21. The molecule has 1 aromatic rings. The molecule has 4 heteroatoms. The Kier molecular flexibility index (Phi) is 5.22. The highest BCUT2D eigenvalue weighted by molar-refractivity contribution is 9.10. The van der Waals surface area contributed by atoms with Crippen molar-refractivity contribution in [2.24, 2.45) is 11.7 Å². The summed E-state index contributed by atoms with van der Waals surface area (Å²) in [6, 6.07) is 5.06. The van der Waals surface area contributed by atoms with E-state index in [1.54, 1.807) is 6.07 Å². The SMILES string of the molecule is Cl.N[C@@H](c1cccc(F)c1Br)C1CCCC1. The molecule has 90 valence electrons. The van der Waals surface area contributed by atoms with Crippen LogP contribution in [0, 0.1) is 11.7 Å². The first kappa shape index (κ1) is 13.9. The van der Waals surface area contributed by atoms with Gasteiger partial charge in [0.05, 0.1) is 4.47 Å². The Morgan fingerprint density at radius 2 is 1.94 bits per heavy atom. The van der Waals surface area contributed by atoms with E-state index in [9.17, 15) is 4.39 Å². The fourth-order valence-electron chi connectivity index (χ4n) is 2.35.